The number of allylic oxidation sites excluding steroid dienone is 1. The Morgan fingerprint density at radius 1 is 1.04 bits per heavy atom. The smallest absolute Gasteiger partial charge is 0.267 e. The van der Waals surface area contributed by atoms with Gasteiger partial charge in [-0.2, -0.15) is 5.10 Å². The minimum atomic E-state index is -0.612. The standard InChI is InChI=1S/C16H12N4O5/c21-16(13-6-3-8-14(11-13)19(22)23)18-17-10-4-7-12-5-1-2-9-15(12)20(24)25/h1-11H,(H,18,21). The Kier molecular flexibility index (Phi) is 5.67. The lowest BCUT2D eigenvalue weighted by Crippen LogP contribution is -2.17. The van der Waals surface area contributed by atoms with Gasteiger partial charge in [0.25, 0.3) is 17.3 Å². The number of hydrazone groups is 1. The number of carbonyl (C=O) groups is 1. The molecule has 0 aliphatic rings. The van der Waals surface area contributed by atoms with Crippen molar-refractivity contribution >= 4 is 29.6 Å². The molecule has 0 saturated carbocycles. The van der Waals surface area contributed by atoms with E-state index in [0.717, 1.165) is 6.07 Å². The fraction of sp³-hybridized carbons (Fsp3) is 0. The molecule has 0 aliphatic carbocycles. The van der Waals surface area contributed by atoms with Crippen LogP contribution in [0.1, 0.15) is 15.9 Å². The van der Waals surface area contributed by atoms with Gasteiger partial charge in [0.05, 0.1) is 15.4 Å². The maximum Gasteiger partial charge on any atom is 0.276 e. The number of non-ortho nitro benzene ring substituents is 1. The van der Waals surface area contributed by atoms with Crippen LogP contribution >= 0.6 is 0 Å². The molecule has 0 aliphatic heterocycles. The van der Waals surface area contributed by atoms with Gasteiger partial charge in [-0.25, -0.2) is 5.43 Å². The Bertz CT molecular complexity index is 876. The predicted molar refractivity (Wildman–Crippen MR) is 91.2 cm³/mol. The minimum Gasteiger partial charge on any atom is -0.267 e. The Morgan fingerprint density at radius 2 is 1.80 bits per heavy atom. The van der Waals surface area contributed by atoms with Crippen molar-refractivity contribution in [3.05, 3.63) is 86.0 Å². The summed E-state index contributed by atoms with van der Waals surface area (Å²) in [6.07, 6.45) is 4.14. The van der Waals surface area contributed by atoms with Gasteiger partial charge in [-0.15, -0.1) is 0 Å². The summed E-state index contributed by atoms with van der Waals surface area (Å²) in [5.74, 6) is -0.612. The molecule has 1 amide bonds. The molecule has 2 rings (SSSR count). The molecule has 0 atom stereocenters. The average Bonchev–Trinajstić information content (AvgIpc) is 2.61. The molecule has 0 aromatic heterocycles. The van der Waals surface area contributed by atoms with Gasteiger partial charge in [0, 0.05) is 30.0 Å². The predicted octanol–water partition coefficient (Wildman–Crippen LogP) is 2.93. The summed E-state index contributed by atoms with van der Waals surface area (Å²) in [5, 5.41) is 25.2. The van der Waals surface area contributed by atoms with E-state index in [0.29, 0.717) is 5.56 Å². The molecule has 9 heteroatoms. The summed E-state index contributed by atoms with van der Waals surface area (Å²) in [5.41, 5.74) is 2.45. The molecule has 2 aromatic carbocycles. The van der Waals surface area contributed by atoms with Crippen molar-refractivity contribution in [2.75, 3.05) is 0 Å². The van der Waals surface area contributed by atoms with Crippen LogP contribution in [-0.4, -0.2) is 22.0 Å². The molecule has 0 heterocycles. The fourth-order valence-corrected chi connectivity index (χ4v) is 1.91. The molecule has 2 aromatic rings. The maximum absolute atomic E-state index is 11.8. The minimum absolute atomic E-state index is 0.0484. The summed E-state index contributed by atoms with van der Waals surface area (Å²) in [6, 6.07) is 11.4. The van der Waals surface area contributed by atoms with Crippen LogP contribution in [0.2, 0.25) is 0 Å². The van der Waals surface area contributed by atoms with Crippen molar-refractivity contribution in [3.63, 3.8) is 0 Å². The van der Waals surface area contributed by atoms with Gasteiger partial charge < -0.3 is 0 Å². The molecule has 0 fully saturated rings. The van der Waals surface area contributed by atoms with E-state index in [1.165, 1.54) is 42.6 Å². The van der Waals surface area contributed by atoms with Crippen molar-refractivity contribution in [2.24, 2.45) is 5.10 Å². The number of nitrogens with zero attached hydrogens (tertiary/aromatic N) is 3. The van der Waals surface area contributed by atoms with Gasteiger partial charge in [-0.05, 0) is 24.3 Å². The Balaban J connectivity index is 2.00. The van der Waals surface area contributed by atoms with Gasteiger partial charge >= 0.3 is 0 Å². The highest BCUT2D eigenvalue weighted by Crippen LogP contribution is 2.18. The van der Waals surface area contributed by atoms with E-state index >= 15 is 0 Å². The summed E-state index contributed by atoms with van der Waals surface area (Å²) < 4.78 is 0. The molecule has 9 nitrogen and oxygen atoms in total. The molecule has 0 spiro atoms. The molecule has 0 saturated heterocycles. The lowest BCUT2D eigenvalue weighted by Gasteiger charge is -1.99. The van der Waals surface area contributed by atoms with Crippen LogP contribution in [0, 0.1) is 20.2 Å². The van der Waals surface area contributed by atoms with Gasteiger partial charge in [-0.1, -0.05) is 18.2 Å². The highest BCUT2D eigenvalue weighted by Gasteiger charge is 2.10. The number of nitrogens with one attached hydrogen (secondary N) is 1. The van der Waals surface area contributed by atoms with E-state index in [-0.39, 0.29) is 16.9 Å². The Labute approximate surface area is 141 Å². The molecule has 1 N–H and O–H groups in total. The lowest BCUT2D eigenvalue weighted by molar-refractivity contribution is -0.385. The monoisotopic (exact) mass is 340 g/mol. The third kappa shape index (κ3) is 4.79. The SMILES string of the molecule is O=C(NN=CC=Cc1ccccc1[N+](=O)[O-])c1cccc([N+](=O)[O-])c1. The third-order valence-electron chi connectivity index (χ3n) is 3.06. The van der Waals surface area contributed by atoms with E-state index in [1.807, 2.05) is 0 Å². The van der Waals surface area contributed by atoms with Crippen molar-refractivity contribution in [2.45, 2.75) is 0 Å². The van der Waals surface area contributed by atoms with E-state index < -0.39 is 15.8 Å². The molecule has 0 radical (unpaired) electrons. The lowest BCUT2D eigenvalue weighted by atomic mass is 10.1. The number of benzene rings is 2. The number of hydrogen-bond acceptors (Lipinski definition) is 6. The normalized spacial score (nSPS) is 10.9. The number of amides is 1. The van der Waals surface area contributed by atoms with Crippen molar-refractivity contribution < 1.29 is 14.6 Å². The quantitative estimate of drug-likeness (QED) is 0.491. The topological polar surface area (TPSA) is 128 Å². The highest BCUT2D eigenvalue weighted by atomic mass is 16.6. The van der Waals surface area contributed by atoms with Crippen LogP contribution in [0.4, 0.5) is 11.4 Å². The maximum atomic E-state index is 11.8. The summed E-state index contributed by atoms with van der Waals surface area (Å²) in [4.78, 5) is 32.3. The molecule has 0 unspecified atom stereocenters. The first-order chi connectivity index (χ1) is 12.0. The summed E-state index contributed by atoms with van der Waals surface area (Å²) in [6.45, 7) is 0. The van der Waals surface area contributed by atoms with Gasteiger partial charge in [0.2, 0.25) is 0 Å². The first-order valence-corrected chi connectivity index (χ1v) is 6.97. The zero-order chi connectivity index (χ0) is 18.2. The van der Waals surface area contributed by atoms with Crippen LogP contribution in [0.3, 0.4) is 0 Å². The molecule has 126 valence electrons. The van der Waals surface area contributed by atoms with Gasteiger partial charge in [0.15, 0.2) is 0 Å². The van der Waals surface area contributed by atoms with E-state index in [2.05, 4.69) is 10.5 Å². The number of nitro groups is 2. The van der Waals surface area contributed by atoms with Crippen molar-refractivity contribution in [1.29, 1.82) is 0 Å². The zero-order valence-corrected chi connectivity index (χ0v) is 12.7. The third-order valence-corrected chi connectivity index (χ3v) is 3.06. The fourth-order valence-electron chi connectivity index (χ4n) is 1.91. The van der Waals surface area contributed by atoms with E-state index in [4.69, 9.17) is 0 Å². The molecular weight excluding hydrogens is 328 g/mol. The number of rotatable bonds is 6. The second-order valence-electron chi connectivity index (χ2n) is 4.70. The van der Waals surface area contributed by atoms with E-state index in [9.17, 15) is 25.0 Å². The van der Waals surface area contributed by atoms with Crippen LogP contribution in [0.25, 0.3) is 6.08 Å². The zero-order valence-electron chi connectivity index (χ0n) is 12.7. The second-order valence-corrected chi connectivity index (χ2v) is 4.70. The van der Waals surface area contributed by atoms with Crippen LogP contribution in [0.15, 0.2) is 59.7 Å². The van der Waals surface area contributed by atoms with Crippen LogP contribution in [-0.2, 0) is 0 Å². The van der Waals surface area contributed by atoms with Crippen molar-refractivity contribution in [1.82, 2.24) is 5.43 Å². The molecule has 0 bridgehead atoms. The Hall–Kier alpha value is -3.88. The first-order valence-electron chi connectivity index (χ1n) is 6.97. The summed E-state index contributed by atoms with van der Waals surface area (Å²) >= 11 is 0. The number of carbonyl (C=O) groups excluding carboxylic acids is 1. The second kappa shape index (κ2) is 8.11. The number of para-hydroxylation sites is 1. The van der Waals surface area contributed by atoms with Gasteiger partial charge in [0.1, 0.15) is 0 Å². The largest absolute Gasteiger partial charge is 0.276 e. The van der Waals surface area contributed by atoms with Crippen molar-refractivity contribution in [3.8, 4) is 0 Å². The number of nitro benzene ring substituents is 2. The van der Waals surface area contributed by atoms with Gasteiger partial charge in [-0.3, -0.25) is 25.0 Å². The average molecular weight is 340 g/mol. The van der Waals surface area contributed by atoms with Crippen LogP contribution in [0.5, 0.6) is 0 Å². The van der Waals surface area contributed by atoms with E-state index in [1.54, 1.807) is 18.2 Å². The number of hydrogen-bond donors (Lipinski definition) is 1. The summed E-state index contributed by atoms with van der Waals surface area (Å²) in [7, 11) is 0. The highest BCUT2D eigenvalue weighted by molar-refractivity contribution is 5.95. The molecule has 25 heavy (non-hydrogen) atoms. The Morgan fingerprint density at radius 3 is 2.52 bits per heavy atom. The first kappa shape index (κ1) is 17.5. The molecular formula is C16H12N4O5. The van der Waals surface area contributed by atoms with Crippen LogP contribution < -0.4 is 5.43 Å².